The van der Waals surface area contributed by atoms with Crippen LogP contribution in [0.5, 0.6) is 0 Å². The number of hydrogen-bond donors (Lipinski definition) is 0. The molecular formula is C4H9BrY-2. The molecule has 1 radical (unpaired) electrons. The molecule has 2 heteroatoms. The van der Waals surface area contributed by atoms with E-state index in [1.807, 2.05) is 0 Å². The summed E-state index contributed by atoms with van der Waals surface area (Å²) in [5.74, 6) is 0. The second kappa shape index (κ2) is 30.7. The van der Waals surface area contributed by atoms with Crippen molar-refractivity contribution in [3.05, 3.63) is 13.8 Å². The molecule has 0 saturated heterocycles. The van der Waals surface area contributed by atoms with E-state index in [2.05, 4.69) is 29.8 Å². The van der Waals surface area contributed by atoms with Crippen molar-refractivity contribution >= 4 is 15.9 Å². The van der Waals surface area contributed by atoms with E-state index in [4.69, 9.17) is 0 Å². The van der Waals surface area contributed by atoms with Gasteiger partial charge in [0.15, 0.2) is 0 Å². The molecule has 6 heavy (non-hydrogen) atoms. The summed E-state index contributed by atoms with van der Waals surface area (Å²) in [6.45, 7) is 8.40. The van der Waals surface area contributed by atoms with Crippen LogP contribution in [0.3, 0.4) is 0 Å². The summed E-state index contributed by atoms with van der Waals surface area (Å²) >= 11 is 3.03. The molecule has 0 rings (SSSR count). The van der Waals surface area contributed by atoms with E-state index in [0.717, 1.165) is 5.33 Å². The first kappa shape index (κ1) is 15.6. The van der Waals surface area contributed by atoms with Gasteiger partial charge in [-0.3, -0.25) is 0 Å². The van der Waals surface area contributed by atoms with Crippen molar-refractivity contribution in [2.45, 2.75) is 6.92 Å². The SMILES string of the molecule is [CH2-]C.[CH2-]CBr.[Y]. The smallest absolute Gasteiger partial charge is 0 e. The van der Waals surface area contributed by atoms with Crippen LogP contribution in [-0.2, 0) is 32.7 Å². The summed E-state index contributed by atoms with van der Waals surface area (Å²) < 4.78 is 0. The summed E-state index contributed by atoms with van der Waals surface area (Å²) in [6, 6.07) is 0. The number of hydrogen-bond acceptors (Lipinski definition) is 0. The van der Waals surface area contributed by atoms with Crippen molar-refractivity contribution < 1.29 is 32.7 Å². The summed E-state index contributed by atoms with van der Waals surface area (Å²) in [7, 11) is 0. The average Bonchev–Trinajstić information content (AvgIpc) is 1.46. The van der Waals surface area contributed by atoms with Gasteiger partial charge in [0.05, 0.1) is 0 Å². The van der Waals surface area contributed by atoms with Crippen molar-refractivity contribution in [1.82, 2.24) is 0 Å². The van der Waals surface area contributed by atoms with Gasteiger partial charge in [-0.25, -0.2) is 0 Å². The summed E-state index contributed by atoms with van der Waals surface area (Å²) in [6.07, 6.45) is 0. The van der Waals surface area contributed by atoms with Crippen LogP contribution in [0.25, 0.3) is 0 Å². The molecule has 0 unspecified atom stereocenters. The predicted molar refractivity (Wildman–Crippen MR) is 30.2 cm³/mol. The number of rotatable bonds is 0. The van der Waals surface area contributed by atoms with E-state index in [0.29, 0.717) is 0 Å². The van der Waals surface area contributed by atoms with E-state index < -0.39 is 0 Å². The van der Waals surface area contributed by atoms with Crippen LogP contribution < -0.4 is 0 Å². The van der Waals surface area contributed by atoms with Gasteiger partial charge in [-0.15, -0.1) is 21.3 Å². The molecule has 0 aliphatic carbocycles. The monoisotopic (exact) mass is 225 g/mol. The molecule has 37 valence electrons. The Labute approximate surface area is 74.1 Å². The van der Waals surface area contributed by atoms with Crippen LogP contribution in [0.1, 0.15) is 6.92 Å². The molecule has 0 aliphatic rings. The molecule has 0 saturated carbocycles. The van der Waals surface area contributed by atoms with E-state index in [1.165, 1.54) is 0 Å². The molecular weight excluding hydrogens is 217 g/mol. The van der Waals surface area contributed by atoms with E-state index in [9.17, 15) is 0 Å². The van der Waals surface area contributed by atoms with Crippen LogP contribution in [0.15, 0.2) is 0 Å². The van der Waals surface area contributed by atoms with E-state index in [-0.39, 0.29) is 32.7 Å². The maximum atomic E-state index is 3.40. The molecule has 0 aromatic rings. The fourth-order valence-electron chi connectivity index (χ4n) is 0. The fraction of sp³-hybridized carbons (Fsp3) is 0.500. The zero-order valence-corrected chi connectivity index (χ0v) is 8.50. The van der Waals surface area contributed by atoms with Crippen LogP contribution >= 0.6 is 15.9 Å². The Bertz CT molecular complexity index is 7.51. The Morgan fingerprint density at radius 1 is 1.50 bits per heavy atom. The van der Waals surface area contributed by atoms with Gasteiger partial charge in [0.2, 0.25) is 0 Å². The minimum absolute atomic E-state index is 0. The Morgan fingerprint density at radius 3 is 1.50 bits per heavy atom. The maximum absolute atomic E-state index is 3.40. The van der Waals surface area contributed by atoms with Gasteiger partial charge < -0.3 is 13.8 Å². The molecule has 0 aromatic carbocycles. The second-order valence-corrected chi connectivity index (χ2v) is 0.982. The third kappa shape index (κ3) is 46.8. The van der Waals surface area contributed by atoms with Gasteiger partial charge in [0.1, 0.15) is 0 Å². The Kier molecular flexibility index (Phi) is 80.2. The zero-order chi connectivity index (χ0) is 4.71. The van der Waals surface area contributed by atoms with Crippen molar-refractivity contribution in [3.8, 4) is 0 Å². The second-order valence-electron chi connectivity index (χ2n) is 0.189. The Hall–Kier alpha value is 1.58. The average molecular weight is 226 g/mol. The van der Waals surface area contributed by atoms with Crippen LogP contribution in [0, 0.1) is 13.8 Å². The molecule has 0 atom stereocenters. The normalized spacial score (nSPS) is 4.00. The third-order valence-electron chi connectivity index (χ3n) is 0. The minimum atomic E-state index is 0. The van der Waals surface area contributed by atoms with Crippen molar-refractivity contribution in [3.63, 3.8) is 0 Å². The van der Waals surface area contributed by atoms with Gasteiger partial charge in [0.25, 0.3) is 0 Å². The maximum Gasteiger partial charge on any atom is 0 e. The van der Waals surface area contributed by atoms with Gasteiger partial charge in [-0.05, 0) is 0 Å². The number of alkyl halides is 1. The Morgan fingerprint density at radius 2 is 1.50 bits per heavy atom. The molecule has 0 spiro atoms. The van der Waals surface area contributed by atoms with Crippen LogP contribution in [0.4, 0.5) is 0 Å². The first-order chi connectivity index (χ1) is 2.41. The molecule has 0 N–H and O–H groups in total. The summed E-state index contributed by atoms with van der Waals surface area (Å²) in [5, 5.41) is 0.812. The molecule has 0 nitrogen and oxygen atoms in total. The van der Waals surface area contributed by atoms with Gasteiger partial charge in [-0.1, -0.05) is 0 Å². The molecule has 0 aliphatic heterocycles. The van der Waals surface area contributed by atoms with Gasteiger partial charge in [0, 0.05) is 32.7 Å². The summed E-state index contributed by atoms with van der Waals surface area (Å²) in [5.41, 5.74) is 0. The standard InChI is InChI=1S/C2H4Br.C2H5.Y/c1-2-3;1-2;/h1-2H2;1H2,2H3;/q2*-1;. The molecule has 0 aromatic heterocycles. The van der Waals surface area contributed by atoms with Crippen LogP contribution in [-0.4, -0.2) is 5.33 Å². The largest absolute Gasteiger partial charge is 0.346 e. The third-order valence-corrected chi connectivity index (χ3v) is 0. The first-order valence-electron chi connectivity index (χ1n) is 1.47. The van der Waals surface area contributed by atoms with E-state index in [1.54, 1.807) is 6.92 Å². The van der Waals surface area contributed by atoms with Crippen molar-refractivity contribution in [2.24, 2.45) is 0 Å². The number of halogens is 1. The molecule has 0 heterocycles. The predicted octanol–water partition coefficient (Wildman–Crippen LogP) is 2.05. The van der Waals surface area contributed by atoms with Gasteiger partial charge >= 0.3 is 0 Å². The quantitative estimate of drug-likeness (QED) is 0.438. The topological polar surface area (TPSA) is 0 Å². The van der Waals surface area contributed by atoms with Gasteiger partial charge in [-0.2, -0.15) is 6.92 Å². The van der Waals surface area contributed by atoms with Crippen molar-refractivity contribution in [1.29, 1.82) is 0 Å². The fourth-order valence-corrected chi connectivity index (χ4v) is 0. The summed E-state index contributed by atoms with van der Waals surface area (Å²) in [4.78, 5) is 0. The zero-order valence-electron chi connectivity index (χ0n) is 4.08. The molecule has 0 amide bonds. The Balaban J connectivity index is -0.0000000275. The first-order valence-corrected chi connectivity index (χ1v) is 2.60. The minimum Gasteiger partial charge on any atom is -0.346 e. The van der Waals surface area contributed by atoms with Crippen molar-refractivity contribution in [2.75, 3.05) is 5.33 Å². The molecule has 0 bridgehead atoms. The van der Waals surface area contributed by atoms with Crippen LogP contribution in [0.2, 0.25) is 0 Å². The van der Waals surface area contributed by atoms with E-state index >= 15 is 0 Å². The molecule has 0 fully saturated rings.